The zero-order valence-electron chi connectivity index (χ0n) is 17.8. The average molecular weight is 494 g/mol. The summed E-state index contributed by atoms with van der Waals surface area (Å²) in [6.45, 7) is 2.14. The molecule has 0 radical (unpaired) electrons. The van der Waals surface area contributed by atoms with Gasteiger partial charge in [-0.15, -0.1) is 0 Å². The van der Waals surface area contributed by atoms with Crippen LogP contribution in [-0.4, -0.2) is 10.1 Å². The highest BCUT2D eigenvalue weighted by Gasteiger charge is 2.42. The molecule has 2 aromatic heterocycles. The van der Waals surface area contributed by atoms with Crippen LogP contribution in [0.4, 0.5) is 5.69 Å². The van der Waals surface area contributed by atoms with Gasteiger partial charge in [0.1, 0.15) is 17.6 Å². The average Bonchev–Trinajstić information content (AvgIpc) is 3.46. The molecule has 3 heterocycles. The molecule has 1 saturated heterocycles. The van der Waals surface area contributed by atoms with Gasteiger partial charge in [-0.05, 0) is 78.8 Å². The first-order valence-electron chi connectivity index (χ1n) is 10.7. The number of nitrogens with zero attached hydrogens (tertiary/aromatic N) is 2. The minimum Gasteiger partial charge on any atom is -0.459 e. The standard InChI is InChI=1S/C26H21Cl2N3OS/c1-2-16-6-9-18(10-7-16)31-25(24(30-26(31)33)21-5-3-4-14-29-21)23-13-12-22(32-23)17-8-11-19(27)20(28)15-17/h3-15,24-25H,2H2,1H3,(H,30,33)/t24-,25+/m1/s1. The lowest BCUT2D eigenvalue weighted by molar-refractivity contribution is 0.439. The Balaban J connectivity index is 1.58. The van der Waals surface area contributed by atoms with Crippen LogP contribution in [0.15, 0.2) is 83.4 Å². The van der Waals surface area contributed by atoms with E-state index < -0.39 is 0 Å². The molecule has 5 rings (SSSR count). The third-order valence-electron chi connectivity index (χ3n) is 5.84. The first kappa shape index (κ1) is 22.0. The molecule has 4 nitrogen and oxygen atoms in total. The smallest absolute Gasteiger partial charge is 0.174 e. The summed E-state index contributed by atoms with van der Waals surface area (Å²) in [5.41, 5.74) is 4.03. The van der Waals surface area contributed by atoms with E-state index in [0.29, 0.717) is 20.9 Å². The molecule has 1 N–H and O–H groups in total. The number of halogens is 2. The summed E-state index contributed by atoms with van der Waals surface area (Å²) in [5.74, 6) is 1.49. The number of hydrogen-bond donors (Lipinski definition) is 1. The second-order valence-electron chi connectivity index (χ2n) is 7.85. The van der Waals surface area contributed by atoms with Crippen molar-refractivity contribution >= 4 is 46.2 Å². The molecule has 1 aliphatic rings. The van der Waals surface area contributed by atoms with Crippen LogP contribution in [0.25, 0.3) is 11.3 Å². The number of anilines is 1. The number of benzene rings is 2. The molecule has 1 fully saturated rings. The van der Waals surface area contributed by atoms with E-state index in [0.717, 1.165) is 29.1 Å². The Morgan fingerprint density at radius 2 is 1.82 bits per heavy atom. The van der Waals surface area contributed by atoms with Gasteiger partial charge in [0, 0.05) is 17.4 Å². The number of furan rings is 1. The summed E-state index contributed by atoms with van der Waals surface area (Å²) in [6.07, 6.45) is 2.77. The van der Waals surface area contributed by atoms with E-state index in [-0.39, 0.29) is 12.1 Å². The van der Waals surface area contributed by atoms with Crippen LogP contribution in [0.3, 0.4) is 0 Å². The minimum atomic E-state index is -0.212. The topological polar surface area (TPSA) is 41.3 Å². The number of hydrogen-bond acceptors (Lipinski definition) is 3. The van der Waals surface area contributed by atoms with Gasteiger partial charge >= 0.3 is 0 Å². The van der Waals surface area contributed by atoms with Gasteiger partial charge < -0.3 is 14.6 Å². The van der Waals surface area contributed by atoms with Gasteiger partial charge in [-0.1, -0.05) is 48.3 Å². The lowest BCUT2D eigenvalue weighted by Gasteiger charge is -2.26. The molecule has 0 saturated carbocycles. The van der Waals surface area contributed by atoms with Crippen LogP contribution in [-0.2, 0) is 6.42 Å². The molecule has 0 spiro atoms. The van der Waals surface area contributed by atoms with Gasteiger partial charge in [0.2, 0.25) is 0 Å². The number of aryl methyl sites for hydroxylation is 1. The molecule has 0 unspecified atom stereocenters. The molecule has 0 bridgehead atoms. The van der Waals surface area contributed by atoms with Gasteiger partial charge in [0.15, 0.2) is 5.11 Å². The second-order valence-corrected chi connectivity index (χ2v) is 9.05. The Bertz CT molecular complexity index is 1290. The predicted molar refractivity (Wildman–Crippen MR) is 138 cm³/mol. The lowest BCUT2D eigenvalue weighted by atomic mass is 10.0. The van der Waals surface area contributed by atoms with Crippen LogP contribution in [0.5, 0.6) is 0 Å². The van der Waals surface area contributed by atoms with Crippen LogP contribution in [0, 0.1) is 0 Å². The summed E-state index contributed by atoms with van der Waals surface area (Å²) < 4.78 is 6.37. The first-order chi connectivity index (χ1) is 16.0. The maximum Gasteiger partial charge on any atom is 0.174 e. The molecule has 2 aromatic carbocycles. The molecule has 0 amide bonds. The summed E-state index contributed by atoms with van der Waals surface area (Å²) >= 11 is 18.1. The largest absolute Gasteiger partial charge is 0.459 e. The van der Waals surface area contributed by atoms with Crippen molar-refractivity contribution in [1.82, 2.24) is 10.3 Å². The summed E-state index contributed by atoms with van der Waals surface area (Å²) in [6, 6.07) is 23.4. The fourth-order valence-corrected chi connectivity index (χ4v) is 4.77. The second kappa shape index (κ2) is 9.18. The summed E-state index contributed by atoms with van der Waals surface area (Å²) in [7, 11) is 0. The van der Waals surface area contributed by atoms with Crippen LogP contribution in [0.1, 0.15) is 36.0 Å². The molecule has 2 atom stereocenters. The van der Waals surface area contributed by atoms with Gasteiger partial charge in [0.05, 0.1) is 21.8 Å². The first-order valence-corrected chi connectivity index (χ1v) is 11.9. The van der Waals surface area contributed by atoms with E-state index in [1.54, 1.807) is 12.3 Å². The Hall–Kier alpha value is -2.86. The zero-order chi connectivity index (χ0) is 22.9. The molecule has 0 aliphatic carbocycles. The van der Waals surface area contributed by atoms with Crippen molar-refractivity contribution in [3.63, 3.8) is 0 Å². The van der Waals surface area contributed by atoms with Gasteiger partial charge in [0.25, 0.3) is 0 Å². The summed E-state index contributed by atoms with van der Waals surface area (Å²) in [4.78, 5) is 6.69. The van der Waals surface area contributed by atoms with Crippen molar-refractivity contribution in [2.24, 2.45) is 0 Å². The predicted octanol–water partition coefficient (Wildman–Crippen LogP) is 7.39. The van der Waals surface area contributed by atoms with E-state index in [9.17, 15) is 0 Å². The highest BCUT2D eigenvalue weighted by atomic mass is 35.5. The SMILES string of the molecule is CCc1ccc(N2C(=S)N[C@H](c3ccccn3)[C@@H]2c2ccc(-c3ccc(Cl)c(Cl)c3)o2)cc1. The van der Waals surface area contributed by atoms with Crippen molar-refractivity contribution in [2.75, 3.05) is 4.90 Å². The van der Waals surface area contributed by atoms with Crippen molar-refractivity contribution in [1.29, 1.82) is 0 Å². The molecule has 166 valence electrons. The van der Waals surface area contributed by atoms with Crippen molar-refractivity contribution in [2.45, 2.75) is 25.4 Å². The minimum absolute atomic E-state index is 0.169. The number of nitrogens with one attached hydrogen (secondary N) is 1. The van der Waals surface area contributed by atoms with Crippen LogP contribution < -0.4 is 10.2 Å². The molecule has 1 aliphatic heterocycles. The van der Waals surface area contributed by atoms with Gasteiger partial charge in [-0.3, -0.25) is 4.98 Å². The van der Waals surface area contributed by atoms with E-state index in [2.05, 4.69) is 46.4 Å². The van der Waals surface area contributed by atoms with Crippen molar-refractivity contribution < 1.29 is 4.42 Å². The quantitative estimate of drug-likeness (QED) is 0.293. The van der Waals surface area contributed by atoms with E-state index in [4.69, 9.17) is 39.8 Å². The van der Waals surface area contributed by atoms with Crippen molar-refractivity contribution in [3.8, 4) is 11.3 Å². The maximum absolute atomic E-state index is 6.37. The maximum atomic E-state index is 6.37. The fourth-order valence-electron chi connectivity index (χ4n) is 4.13. The molecular formula is C26H21Cl2N3OS. The molecule has 4 aromatic rings. The molecular weight excluding hydrogens is 473 g/mol. The normalized spacial score (nSPS) is 17.9. The van der Waals surface area contributed by atoms with Crippen molar-refractivity contribution in [3.05, 3.63) is 106 Å². The highest BCUT2D eigenvalue weighted by Crippen LogP contribution is 2.43. The third kappa shape index (κ3) is 4.24. The Kier molecular flexibility index (Phi) is 6.11. The number of pyridine rings is 1. The lowest BCUT2D eigenvalue weighted by Crippen LogP contribution is -2.29. The van der Waals surface area contributed by atoms with E-state index >= 15 is 0 Å². The van der Waals surface area contributed by atoms with E-state index in [1.807, 2.05) is 42.5 Å². The number of thiocarbonyl (C=S) groups is 1. The molecule has 7 heteroatoms. The summed E-state index contributed by atoms with van der Waals surface area (Å²) in [5, 5.41) is 5.08. The highest BCUT2D eigenvalue weighted by molar-refractivity contribution is 7.80. The Labute approximate surface area is 208 Å². The van der Waals surface area contributed by atoms with Gasteiger partial charge in [-0.25, -0.2) is 0 Å². The van der Waals surface area contributed by atoms with Crippen LogP contribution >= 0.6 is 35.4 Å². The Morgan fingerprint density at radius 1 is 1.00 bits per heavy atom. The van der Waals surface area contributed by atoms with Crippen LogP contribution in [0.2, 0.25) is 10.0 Å². The third-order valence-corrected chi connectivity index (χ3v) is 6.90. The number of aromatic nitrogens is 1. The zero-order valence-corrected chi connectivity index (χ0v) is 20.2. The van der Waals surface area contributed by atoms with Gasteiger partial charge in [-0.2, -0.15) is 0 Å². The Morgan fingerprint density at radius 3 is 2.52 bits per heavy atom. The number of rotatable bonds is 5. The monoisotopic (exact) mass is 493 g/mol. The van der Waals surface area contributed by atoms with E-state index in [1.165, 1.54) is 5.56 Å². The fraction of sp³-hybridized carbons (Fsp3) is 0.154. The molecule has 33 heavy (non-hydrogen) atoms.